The van der Waals surface area contributed by atoms with E-state index in [-0.39, 0.29) is 5.91 Å². The fraction of sp³-hybridized carbons (Fsp3) is 0.333. The standard InChI is InChI=1S/C24H27N7O2/c1-15-9-18(28-24-25-6-3-19(30-24)21-13-31(2)14-27-21)10-17-11-20(29-22(15)17)23(32)26-12-16-4-7-33-8-5-16/h3,6,9-11,13-14,16,29H,4-5,7-8,12H2,1-2H3,(H,26,32)(H,25,28,30). The zero-order valence-electron chi connectivity index (χ0n) is 18.8. The highest BCUT2D eigenvalue weighted by atomic mass is 16.5. The molecule has 33 heavy (non-hydrogen) atoms. The van der Waals surface area contributed by atoms with Gasteiger partial charge >= 0.3 is 0 Å². The second kappa shape index (κ2) is 9.03. The number of nitrogens with zero attached hydrogens (tertiary/aromatic N) is 4. The second-order valence-electron chi connectivity index (χ2n) is 8.52. The van der Waals surface area contributed by atoms with Gasteiger partial charge in [-0.25, -0.2) is 15.0 Å². The molecule has 1 aliphatic heterocycles. The van der Waals surface area contributed by atoms with Gasteiger partial charge in [0, 0.05) is 55.8 Å². The number of carbonyl (C=O) groups excluding carboxylic acids is 1. The maximum Gasteiger partial charge on any atom is 0.267 e. The summed E-state index contributed by atoms with van der Waals surface area (Å²) in [6.07, 6.45) is 7.35. The Morgan fingerprint density at radius 1 is 1.21 bits per heavy atom. The number of carbonyl (C=O) groups is 1. The molecule has 0 atom stereocenters. The molecule has 1 aromatic carbocycles. The summed E-state index contributed by atoms with van der Waals surface area (Å²) in [5.74, 6) is 0.881. The van der Waals surface area contributed by atoms with Crippen molar-refractivity contribution in [2.24, 2.45) is 13.0 Å². The minimum atomic E-state index is -0.0852. The van der Waals surface area contributed by atoms with Crippen molar-refractivity contribution >= 4 is 28.4 Å². The Balaban J connectivity index is 1.32. The van der Waals surface area contributed by atoms with Crippen LogP contribution in [0.1, 0.15) is 28.9 Å². The van der Waals surface area contributed by atoms with E-state index in [4.69, 9.17) is 4.74 Å². The predicted octanol–water partition coefficient (Wildman–Crippen LogP) is 3.57. The molecule has 3 aromatic heterocycles. The molecule has 1 amide bonds. The molecule has 0 radical (unpaired) electrons. The number of amides is 1. The largest absolute Gasteiger partial charge is 0.381 e. The Morgan fingerprint density at radius 2 is 2.06 bits per heavy atom. The normalized spacial score (nSPS) is 14.5. The number of benzene rings is 1. The first-order chi connectivity index (χ1) is 16.0. The van der Waals surface area contributed by atoms with Gasteiger partial charge in [0.05, 0.1) is 12.0 Å². The van der Waals surface area contributed by atoms with Crippen molar-refractivity contribution in [1.29, 1.82) is 0 Å². The Bertz CT molecular complexity index is 1290. The number of H-pyrrole nitrogens is 1. The Morgan fingerprint density at radius 3 is 2.85 bits per heavy atom. The van der Waals surface area contributed by atoms with Crippen molar-refractivity contribution < 1.29 is 9.53 Å². The lowest BCUT2D eigenvalue weighted by atomic mass is 10.0. The molecule has 5 rings (SSSR count). The van der Waals surface area contributed by atoms with Crippen LogP contribution in [0.4, 0.5) is 11.6 Å². The first kappa shape index (κ1) is 21.1. The summed E-state index contributed by atoms with van der Waals surface area (Å²) < 4.78 is 7.27. The van der Waals surface area contributed by atoms with E-state index in [0.717, 1.165) is 59.6 Å². The third kappa shape index (κ3) is 4.73. The Labute approximate surface area is 191 Å². The molecule has 0 bridgehead atoms. The molecule has 0 spiro atoms. The number of rotatable bonds is 6. The zero-order valence-corrected chi connectivity index (χ0v) is 18.8. The summed E-state index contributed by atoms with van der Waals surface area (Å²) in [5.41, 5.74) is 4.92. The summed E-state index contributed by atoms with van der Waals surface area (Å²) in [6, 6.07) is 7.72. The molecule has 9 nitrogen and oxygen atoms in total. The Hall–Kier alpha value is -3.72. The van der Waals surface area contributed by atoms with E-state index in [1.165, 1.54) is 0 Å². The lowest BCUT2D eigenvalue weighted by Crippen LogP contribution is -2.32. The molecule has 1 saturated heterocycles. The highest BCUT2D eigenvalue weighted by molar-refractivity contribution is 5.99. The van der Waals surface area contributed by atoms with Crippen molar-refractivity contribution in [3.8, 4) is 11.4 Å². The van der Waals surface area contributed by atoms with Gasteiger partial charge < -0.3 is 24.9 Å². The molecule has 0 saturated carbocycles. The second-order valence-corrected chi connectivity index (χ2v) is 8.52. The maximum atomic E-state index is 12.7. The van der Waals surface area contributed by atoms with E-state index in [0.29, 0.717) is 24.1 Å². The minimum absolute atomic E-state index is 0.0852. The van der Waals surface area contributed by atoms with Crippen LogP contribution in [0.25, 0.3) is 22.3 Å². The molecule has 170 valence electrons. The fourth-order valence-corrected chi connectivity index (χ4v) is 4.14. The predicted molar refractivity (Wildman–Crippen MR) is 126 cm³/mol. The average Bonchev–Trinajstić information content (AvgIpc) is 3.45. The van der Waals surface area contributed by atoms with Crippen LogP contribution in [0.15, 0.2) is 43.0 Å². The third-order valence-corrected chi connectivity index (χ3v) is 5.94. The smallest absolute Gasteiger partial charge is 0.267 e. The van der Waals surface area contributed by atoms with Crippen LogP contribution in [0.3, 0.4) is 0 Å². The molecule has 4 heterocycles. The molecule has 9 heteroatoms. The molecule has 0 aliphatic carbocycles. The molecule has 3 N–H and O–H groups in total. The van der Waals surface area contributed by atoms with E-state index in [1.54, 1.807) is 12.5 Å². The first-order valence-electron chi connectivity index (χ1n) is 11.1. The van der Waals surface area contributed by atoms with Gasteiger partial charge in [-0.05, 0) is 55.5 Å². The molecular formula is C24H27N7O2. The van der Waals surface area contributed by atoms with Gasteiger partial charge in [0.2, 0.25) is 5.95 Å². The number of hydrogen-bond donors (Lipinski definition) is 3. The number of hydrogen-bond acceptors (Lipinski definition) is 6. The zero-order chi connectivity index (χ0) is 22.8. The van der Waals surface area contributed by atoms with Crippen LogP contribution < -0.4 is 10.6 Å². The molecule has 0 unspecified atom stereocenters. The van der Waals surface area contributed by atoms with E-state index < -0.39 is 0 Å². The highest BCUT2D eigenvalue weighted by Crippen LogP contribution is 2.26. The van der Waals surface area contributed by atoms with Crippen LogP contribution in [-0.2, 0) is 11.8 Å². The molecular weight excluding hydrogens is 418 g/mol. The quantitative estimate of drug-likeness (QED) is 0.419. The fourth-order valence-electron chi connectivity index (χ4n) is 4.14. The van der Waals surface area contributed by atoms with Crippen LogP contribution in [0, 0.1) is 12.8 Å². The summed E-state index contributed by atoms with van der Waals surface area (Å²) >= 11 is 0. The van der Waals surface area contributed by atoms with Crippen molar-refractivity contribution in [1.82, 2.24) is 29.8 Å². The van der Waals surface area contributed by atoms with Crippen LogP contribution in [0.5, 0.6) is 0 Å². The van der Waals surface area contributed by atoms with E-state index in [2.05, 4.69) is 30.6 Å². The number of nitrogens with one attached hydrogen (secondary N) is 3. The third-order valence-electron chi connectivity index (χ3n) is 5.94. The number of aromatic nitrogens is 5. The van der Waals surface area contributed by atoms with Gasteiger partial charge in [-0.1, -0.05) is 0 Å². The van der Waals surface area contributed by atoms with Gasteiger partial charge in [0.15, 0.2) is 0 Å². The average molecular weight is 446 g/mol. The van der Waals surface area contributed by atoms with Crippen LogP contribution in [-0.4, -0.2) is 50.2 Å². The summed E-state index contributed by atoms with van der Waals surface area (Å²) in [5, 5.41) is 7.29. The number of aryl methyl sites for hydroxylation is 2. The lowest BCUT2D eigenvalue weighted by Gasteiger charge is -2.21. The number of ether oxygens (including phenoxy) is 1. The summed E-state index contributed by atoms with van der Waals surface area (Å²) in [4.78, 5) is 29.2. The highest BCUT2D eigenvalue weighted by Gasteiger charge is 2.17. The molecule has 4 aromatic rings. The number of imidazole rings is 1. The summed E-state index contributed by atoms with van der Waals surface area (Å²) in [6.45, 7) is 4.24. The topological polar surface area (TPSA) is 110 Å². The van der Waals surface area contributed by atoms with Crippen LogP contribution in [0.2, 0.25) is 0 Å². The first-order valence-corrected chi connectivity index (χ1v) is 11.1. The van der Waals surface area contributed by atoms with Crippen LogP contribution >= 0.6 is 0 Å². The maximum absolute atomic E-state index is 12.7. The van der Waals surface area contributed by atoms with Gasteiger partial charge in [-0.15, -0.1) is 0 Å². The van der Waals surface area contributed by atoms with Crippen molar-refractivity contribution in [2.45, 2.75) is 19.8 Å². The number of fused-ring (bicyclic) bond motifs is 1. The number of anilines is 2. The van der Waals surface area contributed by atoms with Crippen molar-refractivity contribution in [3.05, 3.63) is 54.2 Å². The molecule has 1 fully saturated rings. The van der Waals surface area contributed by atoms with Gasteiger partial charge in [-0.3, -0.25) is 4.79 Å². The summed E-state index contributed by atoms with van der Waals surface area (Å²) in [7, 11) is 1.92. The van der Waals surface area contributed by atoms with Crippen molar-refractivity contribution in [2.75, 3.05) is 25.1 Å². The van der Waals surface area contributed by atoms with Gasteiger partial charge in [0.1, 0.15) is 11.4 Å². The lowest BCUT2D eigenvalue weighted by molar-refractivity contribution is 0.0642. The molecule has 1 aliphatic rings. The van der Waals surface area contributed by atoms with Crippen molar-refractivity contribution in [3.63, 3.8) is 0 Å². The number of aromatic amines is 1. The van der Waals surface area contributed by atoms with E-state index in [9.17, 15) is 4.79 Å². The van der Waals surface area contributed by atoms with E-state index in [1.807, 2.05) is 49.0 Å². The van der Waals surface area contributed by atoms with E-state index >= 15 is 0 Å². The monoisotopic (exact) mass is 445 g/mol. The van der Waals surface area contributed by atoms with Gasteiger partial charge in [-0.2, -0.15) is 0 Å². The van der Waals surface area contributed by atoms with Gasteiger partial charge in [0.25, 0.3) is 5.91 Å². The SMILES string of the molecule is Cc1cc(Nc2nccc(-c3cn(C)cn3)n2)cc2cc(C(=O)NCC3CCOCC3)[nH]c12. The minimum Gasteiger partial charge on any atom is -0.381 e. The Kier molecular flexibility index (Phi) is 5.78.